The number of nitrogens with zero attached hydrogens (tertiary/aromatic N) is 1. The third kappa shape index (κ3) is 2.40. The lowest BCUT2D eigenvalue weighted by Crippen LogP contribution is -2.23. The summed E-state index contributed by atoms with van der Waals surface area (Å²) >= 11 is 3.55. The van der Waals surface area contributed by atoms with Crippen molar-refractivity contribution in [3.8, 4) is 17.0 Å². The van der Waals surface area contributed by atoms with Gasteiger partial charge in [-0.25, -0.2) is 0 Å². The minimum Gasteiger partial charge on any atom is -0.493 e. The van der Waals surface area contributed by atoms with Gasteiger partial charge in [-0.3, -0.25) is 5.10 Å². The van der Waals surface area contributed by atoms with E-state index >= 15 is 0 Å². The summed E-state index contributed by atoms with van der Waals surface area (Å²) in [6.45, 7) is 4.55. The van der Waals surface area contributed by atoms with Gasteiger partial charge in [0.2, 0.25) is 0 Å². The molecular weight excluding hydrogens is 306 g/mol. The summed E-state index contributed by atoms with van der Waals surface area (Å²) in [7, 11) is 0. The normalized spacial score (nSPS) is 14.2. The van der Waals surface area contributed by atoms with Crippen molar-refractivity contribution in [1.82, 2.24) is 15.5 Å². The number of halogens is 1. The van der Waals surface area contributed by atoms with E-state index in [-0.39, 0.29) is 0 Å². The fourth-order valence-electron chi connectivity index (χ4n) is 2.38. The van der Waals surface area contributed by atoms with Crippen LogP contribution >= 0.6 is 15.9 Å². The second kappa shape index (κ2) is 5.35. The van der Waals surface area contributed by atoms with Crippen molar-refractivity contribution in [3.05, 3.63) is 33.9 Å². The third-order valence-electron chi connectivity index (χ3n) is 3.31. The molecule has 0 saturated carbocycles. The van der Waals surface area contributed by atoms with E-state index in [2.05, 4.69) is 43.6 Å². The monoisotopic (exact) mass is 321 g/mol. The highest BCUT2D eigenvalue weighted by Gasteiger charge is 2.18. The van der Waals surface area contributed by atoms with Gasteiger partial charge >= 0.3 is 0 Å². The van der Waals surface area contributed by atoms with Gasteiger partial charge in [-0.1, -0.05) is 0 Å². The van der Waals surface area contributed by atoms with E-state index in [1.54, 1.807) is 0 Å². The van der Waals surface area contributed by atoms with Crippen LogP contribution in [0.2, 0.25) is 0 Å². The van der Waals surface area contributed by atoms with E-state index in [0.717, 1.165) is 41.0 Å². The molecule has 5 heteroatoms. The molecule has 2 aromatic rings. The Kier molecular flexibility index (Phi) is 3.57. The minimum atomic E-state index is 0.666. The Morgan fingerprint density at radius 2 is 2.32 bits per heavy atom. The Hall–Kier alpha value is -1.33. The third-order valence-corrected chi connectivity index (χ3v) is 3.93. The maximum Gasteiger partial charge on any atom is 0.133 e. The predicted molar refractivity (Wildman–Crippen MR) is 78.3 cm³/mol. The number of fused-ring (bicyclic) bond motifs is 1. The number of H-pyrrole nitrogens is 1. The van der Waals surface area contributed by atoms with E-state index in [9.17, 15) is 0 Å². The molecule has 1 aliphatic rings. The first kappa shape index (κ1) is 12.7. The number of hydrogen-bond acceptors (Lipinski definition) is 3. The van der Waals surface area contributed by atoms with Gasteiger partial charge < -0.3 is 10.1 Å². The molecule has 3 rings (SSSR count). The molecule has 1 aliphatic heterocycles. The topological polar surface area (TPSA) is 49.9 Å². The van der Waals surface area contributed by atoms with Gasteiger partial charge in [-0.2, -0.15) is 5.10 Å². The summed E-state index contributed by atoms with van der Waals surface area (Å²) in [6.07, 6.45) is 1.01. The summed E-state index contributed by atoms with van der Waals surface area (Å²) in [5.41, 5.74) is 4.67. The van der Waals surface area contributed by atoms with E-state index in [1.165, 1.54) is 11.3 Å². The molecule has 4 nitrogen and oxygen atoms in total. The molecule has 0 fully saturated rings. The number of benzene rings is 1. The maximum atomic E-state index is 5.53. The lowest BCUT2D eigenvalue weighted by atomic mass is 10.0. The van der Waals surface area contributed by atoms with Gasteiger partial charge in [0.05, 0.1) is 16.8 Å². The lowest BCUT2D eigenvalue weighted by Gasteiger charge is -2.13. The zero-order chi connectivity index (χ0) is 13.2. The smallest absolute Gasteiger partial charge is 0.133 e. The first-order valence-corrected chi connectivity index (χ1v) is 7.28. The molecule has 19 heavy (non-hydrogen) atoms. The molecule has 0 amide bonds. The van der Waals surface area contributed by atoms with Crippen LogP contribution in [0, 0.1) is 0 Å². The van der Waals surface area contributed by atoms with Crippen LogP contribution in [0.3, 0.4) is 0 Å². The molecule has 0 radical (unpaired) electrons. The zero-order valence-corrected chi connectivity index (χ0v) is 12.4. The lowest BCUT2D eigenvalue weighted by molar-refractivity contribution is 0.338. The molecule has 2 heterocycles. The highest BCUT2D eigenvalue weighted by atomic mass is 79.9. The van der Waals surface area contributed by atoms with Crippen molar-refractivity contribution in [2.75, 3.05) is 13.2 Å². The number of aromatic nitrogens is 2. The SMILES string of the molecule is CCOc1ccc(-c2n[nH]c3c2CNCC3)cc1Br. The van der Waals surface area contributed by atoms with Crippen molar-refractivity contribution in [3.63, 3.8) is 0 Å². The Labute approximate surface area is 120 Å². The van der Waals surface area contributed by atoms with Crippen LogP contribution in [0.4, 0.5) is 0 Å². The first-order valence-electron chi connectivity index (χ1n) is 6.49. The van der Waals surface area contributed by atoms with Crippen LogP contribution in [0.25, 0.3) is 11.3 Å². The molecule has 0 unspecified atom stereocenters. The van der Waals surface area contributed by atoms with Crippen molar-refractivity contribution in [1.29, 1.82) is 0 Å². The molecule has 1 aromatic heterocycles. The fourth-order valence-corrected chi connectivity index (χ4v) is 2.88. The van der Waals surface area contributed by atoms with Crippen LogP contribution in [0.5, 0.6) is 5.75 Å². The van der Waals surface area contributed by atoms with Gasteiger partial charge in [-0.15, -0.1) is 0 Å². The number of hydrogen-bond donors (Lipinski definition) is 2. The summed E-state index contributed by atoms with van der Waals surface area (Å²) in [5, 5.41) is 11.0. The average Bonchev–Trinajstić information content (AvgIpc) is 2.85. The molecular formula is C14H16BrN3O. The Bertz CT molecular complexity index is 594. The van der Waals surface area contributed by atoms with Gasteiger partial charge in [0, 0.05) is 36.3 Å². The van der Waals surface area contributed by atoms with Crippen LogP contribution in [-0.2, 0) is 13.0 Å². The molecule has 0 aliphatic carbocycles. The number of aromatic amines is 1. The van der Waals surface area contributed by atoms with Crippen LogP contribution in [0.1, 0.15) is 18.2 Å². The molecule has 0 bridgehead atoms. The Balaban J connectivity index is 1.98. The minimum absolute atomic E-state index is 0.666. The Morgan fingerprint density at radius 3 is 3.11 bits per heavy atom. The van der Waals surface area contributed by atoms with Gasteiger partial charge in [0.25, 0.3) is 0 Å². The second-order valence-corrected chi connectivity index (χ2v) is 5.39. The average molecular weight is 322 g/mol. The Morgan fingerprint density at radius 1 is 1.42 bits per heavy atom. The van der Waals surface area contributed by atoms with E-state index < -0.39 is 0 Å². The molecule has 1 aromatic carbocycles. The largest absolute Gasteiger partial charge is 0.493 e. The van der Waals surface area contributed by atoms with Gasteiger partial charge in [0.15, 0.2) is 0 Å². The quantitative estimate of drug-likeness (QED) is 0.914. The molecule has 0 atom stereocenters. The fraction of sp³-hybridized carbons (Fsp3) is 0.357. The van der Waals surface area contributed by atoms with Crippen LogP contribution < -0.4 is 10.1 Å². The van der Waals surface area contributed by atoms with Crippen LogP contribution in [-0.4, -0.2) is 23.3 Å². The van der Waals surface area contributed by atoms with Gasteiger partial charge in [-0.05, 0) is 41.1 Å². The first-order chi connectivity index (χ1) is 9.29. The highest BCUT2D eigenvalue weighted by Crippen LogP contribution is 2.32. The van der Waals surface area contributed by atoms with Crippen LogP contribution in [0.15, 0.2) is 22.7 Å². The number of ether oxygens (including phenoxy) is 1. The van der Waals surface area contributed by atoms with E-state index in [1.807, 2.05) is 13.0 Å². The highest BCUT2D eigenvalue weighted by molar-refractivity contribution is 9.10. The molecule has 0 saturated heterocycles. The van der Waals surface area contributed by atoms with E-state index in [0.29, 0.717) is 6.61 Å². The van der Waals surface area contributed by atoms with Crippen molar-refractivity contribution in [2.45, 2.75) is 19.9 Å². The molecule has 0 spiro atoms. The summed E-state index contributed by atoms with van der Waals surface area (Å²) in [5.74, 6) is 0.869. The van der Waals surface area contributed by atoms with E-state index in [4.69, 9.17) is 4.74 Å². The summed E-state index contributed by atoms with van der Waals surface area (Å²) < 4.78 is 6.50. The van der Waals surface area contributed by atoms with Crippen molar-refractivity contribution < 1.29 is 4.74 Å². The second-order valence-electron chi connectivity index (χ2n) is 4.53. The summed E-state index contributed by atoms with van der Waals surface area (Å²) in [4.78, 5) is 0. The predicted octanol–water partition coefficient (Wildman–Crippen LogP) is 2.88. The van der Waals surface area contributed by atoms with Gasteiger partial charge in [0.1, 0.15) is 5.75 Å². The standard InChI is InChI=1S/C14H16BrN3O/c1-2-19-13-4-3-9(7-11(13)15)14-10-8-16-6-5-12(10)17-18-14/h3-4,7,16H,2,5-6,8H2,1H3,(H,17,18). The van der Waals surface area contributed by atoms with Crippen molar-refractivity contribution in [2.24, 2.45) is 0 Å². The summed E-state index contributed by atoms with van der Waals surface area (Å²) in [6, 6.07) is 6.11. The molecule has 2 N–H and O–H groups in total. The maximum absolute atomic E-state index is 5.53. The number of rotatable bonds is 3. The zero-order valence-electron chi connectivity index (χ0n) is 10.8. The number of nitrogens with one attached hydrogen (secondary N) is 2. The van der Waals surface area contributed by atoms with Crippen molar-refractivity contribution >= 4 is 15.9 Å². The molecule has 100 valence electrons.